The van der Waals surface area contributed by atoms with Crippen LogP contribution in [0.4, 0.5) is 0 Å². The first-order chi connectivity index (χ1) is 9.56. The molecule has 1 N–H and O–H groups in total. The number of hydrogen-bond acceptors (Lipinski definition) is 3. The summed E-state index contributed by atoms with van der Waals surface area (Å²) in [5.74, 6) is -0.357. The summed E-state index contributed by atoms with van der Waals surface area (Å²) in [6, 6.07) is 10.6. The summed E-state index contributed by atoms with van der Waals surface area (Å²) >= 11 is 0. The van der Waals surface area contributed by atoms with Crippen LogP contribution < -0.4 is 11.0 Å². The zero-order chi connectivity index (χ0) is 14.5. The van der Waals surface area contributed by atoms with E-state index in [0.717, 1.165) is 11.1 Å². The van der Waals surface area contributed by atoms with Crippen LogP contribution in [0.1, 0.15) is 21.5 Å². The summed E-state index contributed by atoms with van der Waals surface area (Å²) in [7, 11) is 1.59. The first-order valence-electron chi connectivity index (χ1n) is 6.13. The number of aryl methyl sites for hydroxylation is 2. The molecule has 1 amide bonds. The maximum absolute atomic E-state index is 11.8. The fourth-order valence-corrected chi connectivity index (χ4v) is 1.61. The maximum Gasteiger partial charge on any atom is 0.272 e. The quantitative estimate of drug-likeness (QED) is 0.677. The highest BCUT2D eigenvalue weighted by Crippen LogP contribution is 2.00. The maximum atomic E-state index is 11.8. The third-order valence-electron chi connectivity index (χ3n) is 2.81. The lowest BCUT2D eigenvalue weighted by molar-refractivity contribution is 0.0954. The number of benzene rings is 1. The monoisotopic (exact) mass is 269 g/mol. The zero-order valence-electron chi connectivity index (χ0n) is 11.3. The van der Waals surface area contributed by atoms with Gasteiger partial charge in [-0.25, -0.2) is 5.43 Å². The number of hydrazone groups is 1. The molecule has 0 fully saturated rings. The van der Waals surface area contributed by atoms with Crippen LogP contribution in [0.25, 0.3) is 0 Å². The summed E-state index contributed by atoms with van der Waals surface area (Å²) in [6.07, 6.45) is 3.04. The SMILES string of the molecule is Cc1ccc(C=NNC(=O)c2ccc(=O)n(C)c2)cc1. The molecule has 0 aliphatic heterocycles. The van der Waals surface area contributed by atoms with Crippen LogP contribution in [0.15, 0.2) is 52.5 Å². The van der Waals surface area contributed by atoms with E-state index in [4.69, 9.17) is 0 Å². The lowest BCUT2D eigenvalue weighted by Gasteiger charge is -2.02. The summed E-state index contributed by atoms with van der Waals surface area (Å²) in [5, 5.41) is 3.89. The number of nitrogens with zero attached hydrogens (tertiary/aromatic N) is 2. The lowest BCUT2D eigenvalue weighted by atomic mass is 10.2. The van der Waals surface area contributed by atoms with Crippen molar-refractivity contribution in [3.63, 3.8) is 0 Å². The van der Waals surface area contributed by atoms with Crippen LogP contribution in [0.2, 0.25) is 0 Å². The van der Waals surface area contributed by atoms with Gasteiger partial charge in [-0.05, 0) is 18.6 Å². The first-order valence-corrected chi connectivity index (χ1v) is 6.13. The van der Waals surface area contributed by atoms with Gasteiger partial charge in [0.2, 0.25) is 5.56 Å². The van der Waals surface area contributed by atoms with E-state index >= 15 is 0 Å². The van der Waals surface area contributed by atoms with Crippen LogP contribution in [0.5, 0.6) is 0 Å². The summed E-state index contributed by atoms with van der Waals surface area (Å²) in [6.45, 7) is 2.00. The number of rotatable bonds is 3. The van der Waals surface area contributed by atoms with Crippen molar-refractivity contribution in [1.29, 1.82) is 0 Å². The predicted molar refractivity (Wildman–Crippen MR) is 77.9 cm³/mol. The zero-order valence-corrected chi connectivity index (χ0v) is 11.3. The molecule has 20 heavy (non-hydrogen) atoms. The Balaban J connectivity index is 2.03. The van der Waals surface area contributed by atoms with Gasteiger partial charge in [-0.15, -0.1) is 0 Å². The Labute approximate surface area is 116 Å². The molecule has 5 heteroatoms. The van der Waals surface area contributed by atoms with Gasteiger partial charge in [0.05, 0.1) is 11.8 Å². The Morgan fingerprint density at radius 2 is 1.90 bits per heavy atom. The second-order valence-corrected chi connectivity index (χ2v) is 4.48. The molecule has 5 nitrogen and oxygen atoms in total. The Morgan fingerprint density at radius 3 is 2.55 bits per heavy atom. The molecule has 1 aromatic heterocycles. The summed E-state index contributed by atoms with van der Waals surface area (Å²) in [5.41, 5.74) is 4.71. The van der Waals surface area contributed by atoms with E-state index in [9.17, 15) is 9.59 Å². The summed E-state index contributed by atoms with van der Waals surface area (Å²) in [4.78, 5) is 23.0. The minimum absolute atomic E-state index is 0.162. The van der Waals surface area contributed by atoms with Crippen molar-refractivity contribution < 1.29 is 4.79 Å². The molecular formula is C15H15N3O2. The van der Waals surface area contributed by atoms with Gasteiger partial charge in [0.25, 0.3) is 5.91 Å². The largest absolute Gasteiger partial charge is 0.318 e. The lowest BCUT2D eigenvalue weighted by Crippen LogP contribution is -2.22. The van der Waals surface area contributed by atoms with Crippen LogP contribution in [-0.4, -0.2) is 16.7 Å². The van der Waals surface area contributed by atoms with Gasteiger partial charge in [0, 0.05) is 19.3 Å². The van der Waals surface area contributed by atoms with Gasteiger partial charge in [0.1, 0.15) is 0 Å². The van der Waals surface area contributed by atoms with Crippen LogP contribution >= 0.6 is 0 Å². The van der Waals surface area contributed by atoms with Gasteiger partial charge in [-0.2, -0.15) is 5.10 Å². The van der Waals surface area contributed by atoms with E-state index < -0.39 is 0 Å². The predicted octanol–water partition coefficient (Wildman–Crippen LogP) is 1.46. The van der Waals surface area contributed by atoms with E-state index in [1.165, 1.54) is 22.9 Å². The molecule has 2 aromatic rings. The molecule has 0 aliphatic rings. The normalized spacial score (nSPS) is 10.7. The van der Waals surface area contributed by atoms with E-state index in [-0.39, 0.29) is 11.5 Å². The van der Waals surface area contributed by atoms with Gasteiger partial charge in [-0.3, -0.25) is 9.59 Å². The Morgan fingerprint density at radius 1 is 1.20 bits per heavy atom. The van der Waals surface area contributed by atoms with Crippen molar-refractivity contribution in [3.8, 4) is 0 Å². The van der Waals surface area contributed by atoms with Gasteiger partial charge >= 0.3 is 0 Å². The van der Waals surface area contributed by atoms with E-state index in [1.54, 1.807) is 13.3 Å². The van der Waals surface area contributed by atoms with Gasteiger partial charge in [0.15, 0.2) is 0 Å². The molecule has 1 aromatic carbocycles. The molecule has 0 saturated heterocycles. The number of amides is 1. The molecule has 1 heterocycles. The second kappa shape index (κ2) is 5.97. The van der Waals surface area contributed by atoms with E-state index in [2.05, 4.69) is 10.5 Å². The van der Waals surface area contributed by atoms with Gasteiger partial charge < -0.3 is 4.57 Å². The molecule has 2 rings (SSSR count). The molecule has 0 unspecified atom stereocenters. The van der Waals surface area contributed by atoms with Crippen molar-refractivity contribution in [1.82, 2.24) is 9.99 Å². The second-order valence-electron chi connectivity index (χ2n) is 4.48. The molecule has 102 valence electrons. The Hall–Kier alpha value is -2.69. The fourth-order valence-electron chi connectivity index (χ4n) is 1.61. The number of pyridine rings is 1. The highest BCUT2D eigenvalue weighted by Gasteiger charge is 2.04. The first kappa shape index (κ1) is 13.7. The molecule has 0 atom stereocenters. The van der Waals surface area contributed by atoms with Crippen molar-refractivity contribution in [3.05, 3.63) is 69.6 Å². The van der Waals surface area contributed by atoms with Crippen LogP contribution in [0.3, 0.4) is 0 Å². The molecule has 0 spiro atoms. The highest BCUT2D eigenvalue weighted by molar-refractivity contribution is 5.94. The Bertz CT molecular complexity index is 700. The van der Waals surface area contributed by atoms with Crippen molar-refractivity contribution >= 4 is 12.1 Å². The van der Waals surface area contributed by atoms with Crippen molar-refractivity contribution in [2.45, 2.75) is 6.92 Å². The van der Waals surface area contributed by atoms with Crippen molar-refractivity contribution in [2.75, 3.05) is 0 Å². The molecular weight excluding hydrogens is 254 g/mol. The average Bonchev–Trinajstić information content (AvgIpc) is 2.44. The number of aromatic nitrogens is 1. The molecule has 0 aliphatic carbocycles. The topological polar surface area (TPSA) is 63.5 Å². The molecule has 0 saturated carbocycles. The third kappa shape index (κ3) is 3.41. The molecule has 0 bridgehead atoms. The van der Waals surface area contributed by atoms with E-state index in [0.29, 0.717) is 5.56 Å². The number of hydrogen-bond donors (Lipinski definition) is 1. The summed E-state index contributed by atoms with van der Waals surface area (Å²) < 4.78 is 1.35. The minimum Gasteiger partial charge on any atom is -0.318 e. The number of carbonyl (C=O) groups is 1. The number of carbonyl (C=O) groups excluding carboxylic acids is 1. The standard InChI is InChI=1S/C15H15N3O2/c1-11-3-5-12(6-4-11)9-16-17-15(20)13-7-8-14(19)18(2)10-13/h3-10H,1-2H3,(H,17,20). The highest BCUT2D eigenvalue weighted by atomic mass is 16.2. The van der Waals surface area contributed by atoms with Crippen LogP contribution in [0, 0.1) is 6.92 Å². The average molecular weight is 269 g/mol. The third-order valence-corrected chi connectivity index (χ3v) is 2.81. The van der Waals surface area contributed by atoms with Crippen LogP contribution in [-0.2, 0) is 7.05 Å². The number of nitrogens with one attached hydrogen (secondary N) is 1. The minimum atomic E-state index is -0.357. The fraction of sp³-hybridized carbons (Fsp3) is 0.133. The van der Waals surface area contributed by atoms with Crippen molar-refractivity contribution in [2.24, 2.45) is 12.1 Å². The van der Waals surface area contributed by atoms with Gasteiger partial charge in [-0.1, -0.05) is 29.8 Å². The Kier molecular flexibility index (Phi) is 4.10. The van der Waals surface area contributed by atoms with E-state index in [1.807, 2.05) is 31.2 Å². The molecule has 0 radical (unpaired) electrons. The smallest absolute Gasteiger partial charge is 0.272 e.